The number of para-hydroxylation sites is 1. The average molecular weight is 450 g/mol. The normalized spacial score (nSPS) is 15.6. The van der Waals surface area contributed by atoms with E-state index in [4.69, 9.17) is 4.74 Å². The highest BCUT2D eigenvalue weighted by Gasteiger charge is 2.22. The number of β-amino-alcohol motifs (C(OH)–C–C–N with tert-alkyl or cyclic N) is 1. The third-order valence-electron chi connectivity index (χ3n) is 5.90. The summed E-state index contributed by atoms with van der Waals surface area (Å²) in [6.45, 7) is 1.75. The summed E-state index contributed by atoms with van der Waals surface area (Å²) in [6, 6.07) is 14.1. The number of ether oxygens (including phenoxy) is 1. The maximum atomic E-state index is 12.7. The van der Waals surface area contributed by atoms with Crippen LogP contribution in [-0.4, -0.2) is 65.2 Å². The number of pyridine rings is 1. The number of fused-ring (bicyclic) bond motifs is 1. The molecule has 0 spiro atoms. The largest absolute Gasteiger partial charge is 0.481 e. The number of nitrogens with zero attached hydrogens (tertiary/aromatic N) is 4. The average Bonchev–Trinajstić information content (AvgIpc) is 3.26. The van der Waals surface area contributed by atoms with Crippen molar-refractivity contribution in [1.82, 2.24) is 9.88 Å². The predicted octanol–water partition coefficient (Wildman–Crippen LogP) is 2.79. The van der Waals surface area contributed by atoms with Crippen molar-refractivity contribution in [2.75, 3.05) is 38.2 Å². The standard InChI is InChI=1S/C24H26N4O5/c1-26(13-10-17-5-2-3-7-20(17)27-14-11-18(29)15-27)23(30)16-33-22-9-8-21(28(31)32)19-6-4-12-25-24(19)22/h2-9,12,18,29H,10-11,13-16H2,1H3/t18-/m0/s1. The lowest BCUT2D eigenvalue weighted by atomic mass is 10.1. The summed E-state index contributed by atoms with van der Waals surface area (Å²) in [6.07, 6.45) is 2.66. The number of anilines is 1. The van der Waals surface area contributed by atoms with Gasteiger partial charge in [-0.15, -0.1) is 0 Å². The molecule has 3 aromatic rings. The molecule has 0 unspecified atom stereocenters. The third kappa shape index (κ3) is 5.04. The zero-order valence-corrected chi connectivity index (χ0v) is 18.4. The molecule has 1 N–H and O–H groups in total. The Hall–Kier alpha value is -3.72. The first-order valence-electron chi connectivity index (χ1n) is 10.8. The number of non-ortho nitro benzene ring substituents is 1. The number of hydrogen-bond donors (Lipinski definition) is 1. The fourth-order valence-electron chi connectivity index (χ4n) is 4.06. The molecule has 33 heavy (non-hydrogen) atoms. The minimum atomic E-state index is -0.465. The van der Waals surface area contributed by atoms with Crippen LogP contribution in [0.25, 0.3) is 10.9 Å². The summed E-state index contributed by atoms with van der Waals surface area (Å²) in [5.74, 6) is 0.127. The van der Waals surface area contributed by atoms with Crippen LogP contribution in [0.3, 0.4) is 0 Å². The van der Waals surface area contributed by atoms with Crippen molar-refractivity contribution >= 4 is 28.2 Å². The van der Waals surface area contributed by atoms with Crippen LogP contribution in [0, 0.1) is 10.1 Å². The number of aromatic nitrogens is 1. The van der Waals surface area contributed by atoms with Crippen LogP contribution >= 0.6 is 0 Å². The van der Waals surface area contributed by atoms with Crippen LogP contribution in [0.15, 0.2) is 54.7 Å². The first-order chi connectivity index (χ1) is 15.9. The van der Waals surface area contributed by atoms with Crippen molar-refractivity contribution in [3.63, 3.8) is 0 Å². The molecular weight excluding hydrogens is 424 g/mol. The fraction of sp³-hybridized carbons (Fsp3) is 0.333. The van der Waals surface area contributed by atoms with E-state index >= 15 is 0 Å². The number of likely N-dealkylation sites (N-methyl/N-ethyl adjacent to an activating group) is 1. The topological polar surface area (TPSA) is 109 Å². The Morgan fingerprint density at radius 3 is 2.85 bits per heavy atom. The van der Waals surface area contributed by atoms with E-state index in [1.54, 1.807) is 24.1 Å². The number of amides is 1. The number of carbonyl (C=O) groups excluding carboxylic acids is 1. The van der Waals surface area contributed by atoms with Crippen molar-refractivity contribution in [3.05, 3.63) is 70.4 Å². The van der Waals surface area contributed by atoms with Gasteiger partial charge in [0.05, 0.1) is 16.4 Å². The molecule has 1 aromatic heterocycles. The van der Waals surface area contributed by atoms with Crippen LogP contribution < -0.4 is 9.64 Å². The van der Waals surface area contributed by atoms with E-state index in [9.17, 15) is 20.0 Å². The molecule has 1 atom stereocenters. The number of aliphatic hydroxyl groups excluding tert-OH is 1. The lowest BCUT2D eigenvalue weighted by Crippen LogP contribution is -2.33. The summed E-state index contributed by atoms with van der Waals surface area (Å²) < 4.78 is 5.69. The molecule has 2 heterocycles. The van der Waals surface area contributed by atoms with Crippen LogP contribution in [0.5, 0.6) is 5.75 Å². The minimum Gasteiger partial charge on any atom is -0.481 e. The zero-order valence-electron chi connectivity index (χ0n) is 18.4. The molecule has 0 saturated carbocycles. The van der Waals surface area contributed by atoms with Crippen molar-refractivity contribution in [1.29, 1.82) is 0 Å². The van der Waals surface area contributed by atoms with Gasteiger partial charge in [-0.3, -0.25) is 19.9 Å². The van der Waals surface area contributed by atoms with Crippen LogP contribution in [0.1, 0.15) is 12.0 Å². The van der Waals surface area contributed by atoms with Gasteiger partial charge in [-0.25, -0.2) is 0 Å². The van der Waals surface area contributed by atoms with E-state index in [1.807, 2.05) is 24.3 Å². The zero-order chi connectivity index (χ0) is 23.4. The van der Waals surface area contributed by atoms with Gasteiger partial charge in [0, 0.05) is 44.6 Å². The van der Waals surface area contributed by atoms with E-state index < -0.39 is 4.92 Å². The number of aliphatic hydroxyl groups is 1. The molecule has 9 heteroatoms. The van der Waals surface area contributed by atoms with Gasteiger partial charge in [-0.05, 0) is 42.7 Å². The highest BCUT2D eigenvalue weighted by atomic mass is 16.6. The Morgan fingerprint density at radius 1 is 1.27 bits per heavy atom. The summed E-state index contributed by atoms with van der Waals surface area (Å²) in [5, 5.41) is 21.5. The van der Waals surface area contributed by atoms with Gasteiger partial charge in [0.2, 0.25) is 0 Å². The Morgan fingerprint density at radius 2 is 2.09 bits per heavy atom. The Bertz CT molecular complexity index is 1170. The van der Waals surface area contributed by atoms with Crippen molar-refractivity contribution in [2.45, 2.75) is 18.9 Å². The number of nitro groups is 1. The molecule has 9 nitrogen and oxygen atoms in total. The van der Waals surface area contributed by atoms with Gasteiger partial charge in [-0.2, -0.15) is 0 Å². The Labute approximate surface area is 191 Å². The molecule has 2 aromatic carbocycles. The van der Waals surface area contributed by atoms with Gasteiger partial charge >= 0.3 is 0 Å². The molecule has 1 amide bonds. The summed E-state index contributed by atoms with van der Waals surface area (Å²) in [5.41, 5.74) is 2.51. The molecule has 1 fully saturated rings. The lowest BCUT2D eigenvalue weighted by Gasteiger charge is -2.23. The fourth-order valence-corrected chi connectivity index (χ4v) is 4.06. The summed E-state index contributed by atoms with van der Waals surface area (Å²) >= 11 is 0. The van der Waals surface area contributed by atoms with Gasteiger partial charge < -0.3 is 19.6 Å². The van der Waals surface area contributed by atoms with Gasteiger partial charge in [0.1, 0.15) is 11.3 Å². The molecule has 0 radical (unpaired) electrons. The highest BCUT2D eigenvalue weighted by Crippen LogP contribution is 2.31. The van der Waals surface area contributed by atoms with Gasteiger partial charge in [0.25, 0.3) is 11.6 Å². The van der Waals surface area contributed by atoms with E-state index in [-0.39, 0.29) is 24.3 Å². The molecule has 0 aliphatic carbocycles. The van der Waals surface area contributed by atoms with Gasteiger partial charge in [-0.1, -0.05) is 18.2 Å². The maximum Gasteiger partial charge on any atom is 0.279 e. The predicted molar refractivity (Wildman–Crippen MR) is 125 cm³/mol. The van der Waals surface area contributed by atoms with Crippen LogP contribution in [0.4, 0.5) is 11.4 Å². The van der Waals surface area contributed by atoms with Crippen molar-refractivity contribution in [3.8, 4) is 5.75 Å². The SMILES string of the molecule is CN(CCc1ccccc1N1CC[C@H](O)C1)C(=O)COc1ccc([N+](=O)[O-])c2cccnc12. The molecule has 1 saturated heterocycles. The first-order valence-corrected chi connectivity index (χ1v) is 10.8. The monoisotopic (exact) mass is 450 g/mol. The van der Waals surface area contributed by atoms with Gasteiger partial charge in [0.15, 0.2) is 6.61 Å². The maximum absolute atomic E-state index is 12.7. The van der Waals surface area contributed by atoms with E-state index in [2.05, 4.69) is 9.88 Å². The molecule has 1 aliphatic heterocycles. The second-order valence-electron chi connectivity index (χ2n) is 8.11. The smallest absolute Gasteiger partial charge is 0.279 e. The molecule has 1 aliphatic rings. The first kappa shape index (κ1) is 22.5. The van der Waals surface area contributed by atoms with E-state index in [0.29, 0.717) is 36.2 Å². The number of carbonyl (C=O) groups is 1. The van der Waals surface area contributed by atoms with Crippen LogP contribution in [0.2, 0.25) is 0 Å². The molecule has 0 bridgehead atoms. The number of rotatable bonds is 8. The second-order valence-corrected chi connectivity index (χ2v) is 8.11. The van der Waals surface area contributed by atoms with E-state index in [1.165, 1.54) is 18.3 Å². The Balaban J connectivity index is 1.38. The van der Waals surface area contributed by atoms with Crippen LogP contribution in [-0.2, 0) is 11.2 Å². The molecule has 172 valence electrons. The highest BCUT2D eigenvalue weighted by molar-refractivity contribution is 5.92. The molecular formula is C24H26N4O5. The second kappa shape index (κ2) is 9.83. The number of benzene rings is 2. The van der Waals surface area contributed by atoms with Crippen molar-refractivity contribution < 1.29 is 19.6 Å². The number of nitro benzene ring substituents is 1. The minimum absolute atomic E-state index is 0.0573. The summed E-state index contributed by atoms with van der Waals surface area (Å²) in [4.78, 5) is 31.4. The van der Waals surface area contributed by atoms with Crippen molar-refractivity contribution in [2.24, 2.45) is 0 Å². The lowest BCUT2D eigenvalue weighted by molar-refractivity contribution is -0.383. The number of hydrogen-bond acceptors (Lipinski definition) is 7. The summed E-state index contributed by atoms with van der Waals surface area (Å²) in [7, 11) is 1.72. The van der Waals surface area contributed by atoms with E-state index in [0.717, 1.165) is 24.2 Å². The molecule has 4 rings (SSSR count). The third-order valence-corrected chi connectivity index (χ3v) is 5.90. The Kier molecular flexibility index (Phi) is 6.69. The quantitative estimate of drug-likeness (QED) is 0.415.